The first-order valence-corrected chi connectivity index (χ1v) is 12.1. The third-order valence-corrected chi connectivity index (χ3v) is 6.38. The van der Waals surface area contributed by atoms with Crippen LogP contribution in [-0.2, 0) is 22.6 Å². The van der Waals surface area contributed by atoms with Gasteiger partial charge in [-0.3, -0.25) is 14.9 Å². The summed E-state index contributed by atoms with van der Waals surface area (Å²) in [6, 6.07) is 23.8. The molecule has 1 aliphatic rings. The van der Waals surface area contributed by atoms with Crippen LogP contribution in [0.4, 0.5) is 5.69 Å². The Morgan fingerprint density at radius 2 is 1.69 bits per heavy atom. The number of nitrogens with one attached hydrogen (secondary N) is 1. The minimum atomic E-state index is -0.980. The van der Waals surface area contributed by atoms with Gasteiger partial charge in [0.15, 0.2) is 0 Å². The van der Waals surface area contributed by atoms with Gasteiger partial charge in [-0.25, -0.2) is 0 Å². The molecule has 35 heavy (non-hydrogen) atoms. The SMILES string of the molecule is CC(C)c1ccc(CN2C(=O)C(N[C@H](CCc3ccccc3)C(=O)O)COc3ccccc32)cc1. The van der Waals surface area contributed by atoms with Gasteiger partial charge >= 0.3 is 5.97 Å². The van der Waals surface area contributed by atoms with Gasteiger partial charge in [-0.2, -0.15) is 0 Å². The topological polar surface area (TPSA) is 78.9 Å². The first-order valence-electron chi connectivity index (χ1n) is 12.1. The molecule has 1 unspecified atom stereocenters. The van der Waals surface area contributed by atoms with E-state index in [0.29, 0.717) is 36.7 Å². The molecule has 0 radical (unpaired) electrons. The lowest BCUT2D eigenvalue weighted by atomic mass is 10.0. The second kappa shape index (κ2) is 11.2. The summed E-state index contributed by atoms with van der Waals surface area (Å²) in [5, 5.41) is 12.9. The number of hydrogen-bond donors (Lipinski definition) is 2. The largest absolute Gasteiger partial charge is 0.489 e. The third-order valence-electron chi connectivity index (χ3n) is 6.38. The first kappa shape index (κ1) is 24.5. The number of nitrogens with zero attached hydrogens (tertiary/aromatic N) is 1. The number of amides is 1. The summed E-state index contributed by atoms with van der Waals surface area (Å²) in [6.45, 7) is 4.73. The fraction of sp³-hybridized carbons (Fsp3) is 0.310. The number of hydrogen-bond acceptors (Lipinski definition) is 4. The lowest BCUT2D eigenvalue weighted by Gasteiger charge is -2.27. The van der Waals surface area contributed by atoms with Gasteiger partial charge < -0.3 is 14.7 Å². The molecule has 0 fully saturated rings. The number of carboxylic acid groups (broad SMARTS) is 1. The van der Waals surface area contributed by atoms with E-state index in [1.54, 1.807) is 4.90 Å². The monoisotopic (exact) mass is 472 g/mol. The van der Waals surface area contributed by atoms with Crippen molar-refractivity contribution in [3.63, 3.8) is 0 Å². The summed E-state index contributed by atoms with van der Waals surface area (Å²) < 4.78 is 5.98. The van der Waals surface area contributed by atoms with E-state index in [4.69, 9.17) is 4.74 Å². The van der Waals surface area contributed by atoms with Gasteiger partial charge in [0.1, 0.15) is 24.4 Å². The Hall–Kier alpha value is -3.64. The standard InChI is InChI=1S/C29H32N2O4/c1-20(2)23-15-12-22(13-16-23)18-31-26-10-6-7-11-27(26)35-19-25(28(31)32)30-24(29(33)34)17-14-21-8-4-3-5-9-21/h3-13,15-16,20,24-25,30H,14,17-19H2,1-2H3,(H,33,34)/t24-,25?/m1/s1. The van der Waals surface area contributed by atoms with E-state index in [2.05, 4.69) is 31.3 Å². The number of aliphatic carboxylic acids is 1. The van der Waals surface area contributed by atoms with Gasteiger partial charge in [0.25, 0.3) is 0 Å². The minimum absolute atomic E-state index is 0.0632. The van der Waals surface area contributed by atoms with Gasteiger partial charge in [-0.15, -0.1) is 0 Å². The van der Waals surface area contributed by atoms with E-state index in [-0.39, 0.29) is 12.5 Å². The van der Waals surface area contributed by atoms with E-state index in [0.717, 1.165) is 11.1 Å². The van der Waals surface area contributed by atoms with Crippen molar-refractivity contribution in [3.8, 4) is 5.75 Å². The van der Waals surface area contributed by atoms with Crippen molar-refractivity contribution < 1.29 is 19.4 Å². The van der Waals surface area contributed by atoms with Crippen molar-refractivity contribution in [3.05, 3.63) is 95.6 Å². The molecule has 1 amide bonds. The zero-order valence-electron chi connectivity index (χ0n) is 20.2. The number of aryl methyl sites for hydroxylation is 1. The van der Waals surface area contributed by atoms with Gasteiger partial charge in [-0.1, -0.05) is 80.6 Å². The van der Waals surface area contributed by atoms with Crippen LogP contribution < -0.4 is 15.0 Å². The molecule has 0 saturated carbocycles. The second-order valence-electron chi connectivity index (χ2n) is 9.23. The average molecular weight is 473 g/mol. The van der Waals surface area contributed by atoms with Crippen molar-refractivity contribution in [2.45, 2.75) is 51.2 Å². The molecule has 1 aliphatic heterocycles. The molecule has 2 N–H and O–H groups in total. The zero-order valence-corrected chi connectivity index (χ0v) is 20.2. The third kappa shape index (κ3) is 6.08. The number of ether oxygens (including phenoxy) is 1. The van der Waals surface area contributed by atoms with E-state index in [9.17, 15) is 14.7 Å². The highest BCUT2D eigenvalue weighted by atomic mass is 16.5. The van der Waals surface area contributed by atoms with Gasteiger partial charge in [-0.05, 0) is 47.6 Å². The van der Waals surface area contributed by atoms with Crippen LogP contribution in [0.3, 0.4) is 0 Å². The Labute approximate surface area is 206 Å². The Balaban J connectivity index is 1.54. The molecular weight excluding hydrogens is 440 g/mol. The average Bonchev–Trinajstić information content (AvgIpc) is 2.99. The summed E-state index contributed by atoms with van der Waals surface area (Å²) in [4.78, 5) is 27.4. The summed E-state index contributed by atoms with van der Waals surface area (Å²) >= 11 is 0. The van der Waals surface area contributed by atoms with Crippen LogP contribution in [-0.4, -0.2) is 35.7 Å². The van der Waals surface area contributed by atoms with Crippen molar-refractivity contribution in [2.24, 2.45) is 0 Å². The van der Waals surface area contributed by atoms with Crippen molar-refractivity contribution in [1.82, 2.24) is 5.32 Å². The van der Waals surface area contributed by atoms with Gasteiger partial charge in [0, 0.05) is 0 Å². The van der Waals surface area contributed by atoms with Gasteiger partial charge in [0.05, 0.1) is 12.2 Å². The maximum atomic E-state index is 13.7. The molecule has 2 atom stereocenters. The fourth-order valence-corrected chi connectivity index (χ4v) is 4.30. The zero-order chi connectivity index (χ0) is 24.8. The molecular formula is C29H32N2O4. The number of carbonyl (C=O) groups excluding carboxylic acids is 1. The van der Waals surface area contributed by atoms with Crippen LogP contribution >= 0.6 is 0 Å². The molecule has 6 heteroatoms. The number of para-hydroxylation sites is 2. The maximum Gasteiger partial charge on any atom is 0.320 e. The van der Waals surface area contributed by atoms with Crippen LogP contribution in [0, 0.1) is 0 Å². The molecule has 182 valence electrons. The van der Waals surface area contributed by atoms with Crippen molar-refractivity contribution in [2.75, 3.05) is 11.5 Å². The Morgan fingerprint density at radius 1 is 1.00 bits per heavy atom. The van der Waals surface area contributed by atoms with E-state index >= 15 is 0 Å². The summed E-state index contributed by atoms with van der Waals surface area (Å²) in [6.07, 6.45) is 0.964. The lowest BCUT2D eigenvalue weighted by molar-refractivity contribution is -0.140. The molecule has 3 aromatic carbocycles. The number of benzene rings is 3. The van der Waals surface area contributed by atoms with Crippen LogP contribution in [0.2, 0.25) is 0 Å². The van der Waals surface area contributed by atoms with Crippen LogP contribution in [0.5, 0.6) is 5.75 Å². The lowest BCUT2D eigenvalue weighted by Crippen LogP contribution is -2.53. The highest BCUT2D eigenvalue weighted by Crippen LogP contribution is 2.32. The van der Waals surface area contributed by atoms with Crippen LogP contribution in [0.15, 0.2) is 78.9 Å². The Morgan fingerprint density at radius 3 is 2.37 bits per heavy atom. The first-order chi connectivity index (χ1) is 16.9. The number of rotatable bonds is 9. The predicted molar refractivity (Wildman–Crippen MR) is 137 cm³/mol. The smallest absolute Gasteiger partial charge is 0.320 e. The number of carboxylic acids is 1. The number of carbonyl (C=O) groups is 2. The number of fused-ring (bicyclic) bond motifs is 1. The highest BCUT2D eigenvalue weighted by Gasteiger charge is 2.34. The quantitative estimate of drug-likeness (QED) is 0.469. The molecule has 4 rings (SSSR count). The minimum Gasteiger partial charge on any atom is -0.489 e. The molecule has 1 heterocycles. The summed E-state index contributed by atoms with van der Waals surface area (Å²) in [7, 11) is 0. The van der Waals surface area contributed by atoms with E-state index in [1.807, 2.05) is 66.7 Å². The molecule has 0 aliphatic carbocycles. The second-order valence-corrected chi connectivity index (χ2v) is 9.23. The van der Waals surface area contributed by atoms with Crippen molar-refractivity contribution in [1.29, 1.82) is 0 Å². The number of anilines is 1. The highest BCUT2D eigenvalue weighted by molar-refractivity contribution is 5.99. The molecule has 6 nitrogen and oxygen atoms in total. The molecule has 0 saturated heterocycles. The van der Waals surface area contributed by atoms with Crippen molar-refractivity contribution >= 4 is 17.6 Å². The van der Waals surface area contributed by atoms with Crippen LogP contribution in [0.25, 0.3) is 0 Å². The maximum absolute atomic E-state index is 13.7. The molecule has 0 bridgehead atoms. The predicted octanol–water partition coefficient (Wildman–Crippen LogP) is 4.78. The summed E-state index contributed by atoms with van der Waals surface area (Å²) in [5.74, 6) is -0.143. The molecule has 3 aromatic rings. The Bertz CT molecular complexity index is 1140. The summed E-state index contributed by atoms with van der Waals surface area (Å²) in [5.41, 5.74) is 3.98. The van der Waals surface area contributed by atoms with Crippen LogP contribution in [0.1, 0.15) is 42.9 Å². The van der Waals surface area contributed by atoms with E-state index < -0.39 is 18.1 Å². The Kier molecular flexibility index (Phi) is 7.83. The van der Waals surface area contributed by atoms with Gasteiger partial charge in [0.2, 0.25) is 5.91 Å². The molecule has 0 aromatic heterocycles. The molecule has 0 spiro atoms. The van der Waals surface area contributed by atoms with E-state index in [1.165, 1.54) is 5.56 Å². The normalized spacial score (nSPS) is 16.4. The fourth-order valence-electron chi connectivity index (χ4n) is 4.30.